The standard InChI is InChI=1S/C19H25FN2O3/c20-17-2-1-15-5-8-22(13-16(15)11-17)18(23)21-12-14-3-6-19(7-4-14)24-9-10-25-19/h1-2,11,14H,3-10,12-13H2,(H,21,23). The summed E-state index contributed by atoms with van der Waals surface area (Å²) < 4.78 is 24.9. The number of halogens is 1. The van der Waals surface area contributed by atoms with Gasteiger partial charge in [0.25, 0.3) is 0 Å². The van der Waals surface area contributed by atoms with Crippen LogP contribution in [0.1, 0.15) is 36.8 Å². The molecule has 2 fully saturated rings. The lowest BCUT2D eigenvalue weighted by atomic mass is 9.85. The number of hydrogen-bond acceptors (Lipinski definition) is 3. The smallest absolute Gasteiger partial charge is 0.317 e. The Hall–Kier alpha value is -1.66. The van der Waals surface area contributed by atoms with Crippen LogP contribution in [0.3, 0.4) is 0 Å². The van der Waals surface area contributed by atoms with Crippen molar-refractivity contribution in [3.05, 3.63) is 35.1 Å². The molecule has 5 nitrogen and oxygen atoms in total. The third-order valence-electron chi connectivity index (χ3n) is 5.69. The van der Waals surface area contributed by atoms with Gasteiger partial charge in [-0.25, -0.2) is 9.18 Å². The van der Waals surface area contributed by atoms with Crippen molar-refractivity contribution in [3.8, 4) is 0 Å². The molecule has 25 heavy (non-hydrogen) atoms. The van der Waals surface area contributed by atoms with Gasteiger partial charge in [0.15, 0.2) is 5.79 Å². The first-order valence-electron chi connectivity index (χ1n) is 9.22. The van der Waals surface area contributed by atoms with Crippen molar-refractivity contribution >= 4 is 6.03 Å². The fraction of sp³-hybridized carbons (Fsp3) is 0.632. The summed E-state index contributed by atoms with van der Waals surface area (Å²) in [5, 5.41) is 3.06. The van der Waals surface area contributed by atoms with Crippen molar-refractivity contribution in [1.29, 1.82) is 0 Å². The number of carbonyl (C=O) groups excluding carboxylic acids is 1. The Morgan fingerprint density at radius 3 is 2.76 bits per heavy atom. The van der Waals surface area contributed by atoms with Gasteiger partial charge in [0.1, 0.15) is 5.82 Å². The van der Waals surface area contributed by atoms with E-state index in [-0.39, 0.29) is 17.6 Å². The maximum absolute atomic E-state index is 13.4. The molecule has 1 aliphatic carbocycles. The number of urea groups is 1. The van der Waals surface area contributed by atoms with E-state index < -0.39 is 0 Å². The fourth-order valence-corrected chi connectivity index (χ4v) is 4.15. The summed E-state index contributed by atoms with van der Waals surface area (Å²) in [5.41, 5.74) is 2.05. The molecule has 2 aliphatic heterocycles. The first-order chi connectivity index (χ1) is 12.1. The van der Waals surface area contributed by atoms with Crippen LogP contribution in [0.2, 0.25) is 0 Å². The first kappa shape index (κ1) is 16.8. The molecular weight excluding hydrogens is 323 g/mol. The highest BCUT2D eigenvalue weighted by molar-refractivity contribution is 5.74. The second kappa shape index (κ2) is 6.92. The van der Waals surface area contributed by atoms with Crippen LogP contribution >= 0.6 is 0 Å². The van der Waals surface area contributed by atoms with Gasteiger partial charge in [0, 0.05) is 32.5 Å². The molecule has 1 aromatic rings. The van der Waals surface area contributed by atoms with Crippen molar-refractivity contribution in [2.24, 2.45) is 5.92 Å². The summed E-state index contributed by atoms with van der Waals surface area (Å²) in [6, 6.07) is 4.80. The van der Waals surface area contributed by atoms with Crippen LogP contribution in [0.25, 0.3) is 0 Å². The zero-order valence-corrected chi connectivity index (χ0v) is 14.4. The van der Waals surface area contributed by atoms with Gasteiger partial charge in [0.2, 0.25) is 0 Å². The molecule has 3 aliphatic rings. The van der Waals surface area contributed by atoms with Crippen LogP contribution in [-0.2, 0) is 22.4 Å². The Morgan fingerprint density at radius 1 is 1.24 bits per heavy atom. The van der Waals surface area contributed by atoms with Crippen molar-refractivity contribution in [2.75, 3.05) is 26.3 Å². The average molecular weight is 348 g/mol. The average Bonchev–Trinajstić information content (AvgIpc) is 3.08. The van der Waals surface area contributed by atoms with E-state index in [1.807, 2.05) is 6.07 Å². The Morgan fingerprint density at radius 2 is 2.00 bits per heavy atom. The highest BCUT2D eigenvalue weighted by atomic mass is 19.1. The van der Waals surface area contributed by atoms with Crippen LogP contribution in [-0.4, -0.2) is 43.0 Å². The fourth-order valence-electron chi connectivity index (χ4n) is 4.15. The predicted octanol–water partition coefficient (Wildman–Crippen LogP) is 2.83. The molecule has 0 aromatic heterocycles. The van der Waals surface area contributed by atoms with E-state index in [1.54, 1.807) is 4.90 Å². The highest BCUT2D eigenvalue weighted by Crippen LogP contribution is 2.38. The molecule has 0 atom stereocenters. The van der Waals surface area contributed by atoms with Gasteiger partial charge in [-0.2, -0.15) is 0 Å². The number of nitrogens with one attached hydrogen (secondary N) is 1. The van der Waals surface area contributed by atoms with Crippen molar-refractivity contribution in [3.63, 3.8) is 0 Å². The van der Waals surface area contributed by atoms with Gasteiger partial charge in [0.05, 0.1) is 13.2 Å². The van der Waals surface area contributed by atoms with Gasteiger partial charge in [-0.05, 0) is 48.4 Å². The minimum Gasteiger partial charge on any atom is -0.348 e. The molecule has 4 rings (SSSR count). The quantitative estimate of drug-likeness (QED) is 0.894. The lowest BCUT2D eigenvalue weighted by Crippen LogP contribution is -2.45. The number of fused-ring (bicyclic) bond motifs is 1. The van der Waals surface area contributed by atoms with E-state index in [0.717, 1.165) is 43.2 Å². The largest absolute Gasteiger partial charge is 0.348 e. The van der Waals surface area contributed by atoms with Crippen LogP contribution in [0, 0.1) is 11.7 Å². The maximum atomic E-state index is 13.4. The molecule has 0 radical (unpaired) electrons. The molecule has 1 N–H and O–H groups in total. The summed E-state index contributed by atoms with van der Waals surface area (Å²) in [5.74, 6) is -0.119. The molecule has 136 valence electrons. The van der Waals surface area contributed by atoms with Crippen LogP contribution < -0.4 is 5.32 Å². The number of amides is 2. The van der Waals surface area contributed by atoms with E-state index in [0.29, 0.717) is 38.8 Å². The van der Waals surface area contributed by atoms with E-state index in [9.17, 15) is 9.18 Å². The lowest BCUT2D eigenvalue weighted by molar-refractivity contribution is -0.182. The number of rotatable bonds is 2. The molecule has 2 heterocycles. The van der Waals surface area contributed by atoms with Gasteiger partial charge < -0.3 is 19.7 Å². The molecule has 2 amide bonds. The zero-order chi connectivity index (χ0) is 17.3. The van der Waals surface area contributed by atoms with Crippen LogP contribution in [0.4, 0.5) is 9.18 Å². The van der Waals surface area contributed by atoms with Crippen molar-refractivity contribution < 1.29 is 18.7 Å². The van der Waals surface area contributed by atoms with Gasteiger partial charge in [-0.15, -0.1) is 0 Å². The number of carbonyl (C=O) groups is 1. The summed E-state index contributed by atoms with van der Waals surface area (Å²) in [6.45, 7) is 3.23. The Labute approximate surface area is 147 Å². The van der Waals surface area contributed by atoms with Crippen LogP contribution in [0.15, 0.2) is 18.2 Å². The monoisotopic (exact) mass is 348 g/mol. The maximum Gasteiger partial charge on any atom is 0.317 e. The summed E-state index contributed by atoms with van der Waals surface area (Å²) in [6.07, 6.45) is 4.61. The Bertz CT molecular complexity index is 636. The van der Waals surface area contributed by atoms with Crippen molar-refractivity contribution in [2.45, 2.75) is 44.4 Å². The highest BCUT2D eigenvalue weighted by Gasteiger charge is 2.40. The topological polar surface area (TPSA) is 50.8 Å². The molecule has 1 saturated carbocycles. The molecule has 1 aromatic carbocycles. The zero-order valence-electron chi connectivity index (χ0n) is 14.4. The summed E-state index contributed by atoms with van der Waals surface area (Å²) in [7, 11) is 0. The molecule has 1 spiro atoms. The second-order valence-corrected chi connectivity index (χ2v) is 7.32. The number of hydrogen-bond donors (Lipinski definition) is 1. The second-order valence-electron chi connectivity index (χ2n) is 7.32. The Balaban J connectivity index is 1.26. The summed E-state index contributed by atoms with van der Waals surface area (Å²) in [4.78, 5) is 14.2. The third-order valence-corrected chi connectivity index (χ3v) is 5.69. The molecule has 0 unspecified atom stereocenters. The normalized spacial score (nSPS) is 22.8. The minimum absolute atomic E-state index is 0.0523. The molecule has 1 saturated heterocycles. The number of benzene rings is 1. The van der Waals surface area contributed by atoms with Gasteiger partial charge in [-0.3, -0.25) is 0 Å². The number of ether oxygens (including phenoxy) is 2. The minimum atomic E-state index is -0.346. The lowest BCUT2D eigenvalue weighted by Gasteiger charge is -2.36. The molecule has 0 bridgehead atoms. The molecular formula is C19H25FN2O3. The van der Waals surface area contributed by atoms with Gasteiger partial charge >= 0.3 is 6.03 Å². The van der Waals surface area contributed by atoms with E-state index in [1.165, 1.54) is 12.1 Å². The van der Waals surface area contributed by atoms with E-state index >= 15 is 0 Å². The van der Waals surface area contributed by atoms with Crippen LogP contribution in [0.5, 0.6) is 0 Å². The van der Waals surface area contributed by atoms with Crippen molar-refractivity contribution in [1.82, 2.24) is 10.2 Å². The van der Waals surface area contributed by atoms with E-state index in [4.69, 9.17) is 9.47 Å². The van der Waals surface area contributed by atoms with E-state index in [2.05, 4.69) is 5.32 Å². The first-order valence-corrected chi connectivity index (χ1v) is 9.22. The SMILES string of the molecule is O=C(NCC1CCC2(CC1)OCCO2)N1CCc2ccc(F)cc2C1. The van der Waals surface area contributed by atoms with Gasteiger partial charge in [-0.1, -0.05) is 6.07 Å². The third kappa shape index (κ3) is 3.65. The Kier molecular flexibility index (Phi) is 4.65. The summed E-state index contributed by atoms with van der Waals surface area (Å²) >= 11 is 0. The predicted molar refractivity (Wildman–Crippen MR) is 90.5 cm³/mol. The number of nitrogens with zero attached hydrogens (tertiary/aromatic N) is 1. The molecule has 6 heteroatoms.